The fourth-order valence-corrected chi connectivity index (χ4v) is 2.69. The third kappa shape index (κ3) is 6.47. The lowest BCUT2D eigenvalue weighted by atomic mass is 9.99. The topological polar surface area (TPSA) is 31.4 Å². The number of methoxy groups -OCH3 is 1. The van der Waals surface area contributed by atoms with Crippen molar-refractivity contribution in [2.75, 3.05) is 7.11 Å². The van der Waals surface area contributed by atoms with Crippen molar-refractivity contribution in [3.05, 3.63) is 41.7 Å². The van der Waals surface area contributed by atoms with Crippen LogP contribution in [0.2, 0.25) is 0 Å². The highest BCUT2D eigenvalue weighted by atomic mass is 35.5. The van der Waals surface area contributed by atoms with Gasteiger partial charge >= 0.3 is 0 Å². The summed E-state index contributed by atoms with van der Waals surface area (Å²) in [4.78, 5) is 4.20. The summed E-state index contributed by atoms with van der Waals surface area (Å²) in [6.07, 6.45) is 10.7. The highest BCUT2D eigenvalue weighted by Crippen LogP contribution is 2.33. The summed E-state index contributed by atoms with van der Waals surface area (Å²) in [5.74, 6) is 21.3. The van der Waals surface area contributed by atoms with Crippen molar-refractivity contribution in [1.82, 2.24) is 4.98 Å². The molecular formula is C24H13Cl2NO2. The monoisotopic (exact) mass is 417 g/mol. The average Bonchev–Trinajstić information content (AvgIpc) is 2.77. The van der Waals surface area contributed by atoms with Crippen LogP contribution in [-0.4, -0.2) is 12.1 Å². The fraction of sp³-hybridized carbons (Fsp3) is 0.125. The number of hydrogen-bond donors (Lipinski definition) is 0. The van der Waals surface area contributed by atoms with E-state index in [0.717, 1.165) is 22.3 Å². The average molecular weight is 418 g/mol. The first kappa shape index (κ1) is 21.6. The van der Waals surface area contributed by atoms with E-state index in [0.29, 0.717) is 23.3 Å². The quantitative estimate of drug-likeness (QED) is 0.539. The summed E-state index contributed by atoms with van der Waals surface area (Å²) in [5.41, 5.74) is 3.45. The Labute approximate surface area is 180 Å². The summed E-state index contributed by atoms with van der Waals surface area (Å²) in [5, 5.41) is 0. The largest absolute Gasteiger partial charge is 0.496 e. The summed E-state index contributed by atoms with van der Waals surface area (Å²) < 4.78 is 10.7. The van der Waals surface area contributed by atoms with Gasteiger partial charge in [-0.25, -0.2) is 0 Å². The number of ether oxygens (including phenoxy) is 2. The van der Waals surface area contributed by atoms with Gasteiger partial charge in [0.2, 0.25) is 0 Å². The molecule has 0 amide bonds. The standard InChI is InChI=1S/C24H13Cl2NO2/c1-3-4-5-6-7-8-9-10-11-29-22-12-21(17-27-18-22)23-13-20(16-26)24(28-2)14-19(23)15-25/h1,12-14,17-18H,15-16H2,2H3. The van der Waals surface area contributed by atoms with Gasteiger partial charge in [-0.2, -0.15) is 0 Å². The Hall–Kier alpha value is -3.65. The first-order valence-electron chi connectivity index (χ1n) is 8.13. The number of terminal acetylenes is 1. The molecule has 0 atom stereocenters. The summed E-state index contributed by atoms with van der Waals surface area (Å²) >= 11 is 12.1. The van der Waals surface area contributed by atoms with Crippen LogP contribution in [0.5, 0.6) is 11.5 Å². The maximum absolute atomic E-state index is 6.11. The molecule has 5 heteroatoms. The van der Waals surface area contributed by atoms with Crippen LogP contribution in [-0.2, 0) is 11.8 Å². The number of aromatic nitrogens is 1. The second-order valence-corrected chi connectivity index (χ2v) is 5.76. The van der Waals surface area contributed by atoms with Crippen molar-refractivity contribution < 1.29 is 9.47 Å². The maximum atomic E-state index is 6.11. The molecule has 0 fully saturated rings. The van der Waals surface area contributed by atoms with E-state index in [9.17, 15) is 0 Å². The zero-order chi connectivity index (χ0) is 20.9. The Bertz CT molecular complexity index is 1180. The number of alkyl halides is 2. The maximum Gasteiger partial charge on any atom is 0.159 e. The molecule has 3 nitrogen and oxygen atoms in total. The minimum Gasteiger partial charge on any atom is -0.496 e. The third-order valence-electron chi connectivity index (χ3n) is 3.49. The molecule has 0 N–H and O–H groups in total. The molecule has 0 aliphatic carbocycles. The highest BCUT2D eigenvalue weighted by Gasteiger charge is 2.12. The van der Waals surface area contributed by atoms with E-state index in [1.807, 2.05) is 12.1 Å². The van der Waals surface area contributed by atoms with Gasteiger partial charge in [0.25, 0.3) is 0 Å². The molecule has 0 saturated heterocycles. The molecule has 0 aliphatic heterocycles. The second kappa shape index (κ2) is 11.9. The van der Waals surface area contributed by atoms with E-state index in [1.54, 1.807) is 25.6 Å². The molecule has 1 aromatic heterocycles. The number of hydrogen-bond acceptors (Lipinski definition) is 3. The fourth-order valence-electron chi connectivity index (χ4n) is 2.26. The molecule has 1 heterocycles. The van der Waals surface area contributed by atoms with Gasteiger partial charge in [-0.1, -0.05) is 0 Å². The van der Waals surface area contributed by atoms with Crippen molar-refractivity contribution in [2.45, 2.75) is 11.8 Å². The number of rotatable bonds is 5. The Kier molecular flexibility index (Phi) is 8.91. The van der Waals surface area contributed by atoms with Gasteiger partial charge in [0.15, 0.2) is 5.75 Å². The Balaban J connectivity index is 2.23. The minimum atomic E-state index is 0.307. The number of nitrogens with zero attached hydrogens (tertiary/aromatic N) is 1. The van der Waals surface area contributed by atoms with E-state index in [-0.39, 0.29) is 0 Å². The molecular weight excluding hydrogens is 405 g/mol. The van der Waals surface area contributed by atoms with Gasteiger partial charge in [-0.3, -0.25) is 4.98 Å². The van der Waals surface area contributed by atoms with Crippen LogP contribution in [0.25, 0.3) is 11.1 Å². The minimum absolute atomic E-state index is 0.307. The molecule has 0 saturated carbocycles. The third-order valence-corrected chi connectivity index (χ3v) is 4.06. The Morgan fingerprint density at radius 2 is 1.59 bits per heavy atom. The van der Waals surface area contributed by atoms with Gasteiger partial charge < -0.3 is 9.47 Å². The van der Waals surface area contributed by atoms with Gasteiger partial charge in [0.05, 0.1) is 19.2 Å². The second-order valence-electron chi connectivity index (χ2n) is 5.22. The molecule has 140 valence electrons. The summed E-state index contributed by atoms with van der Waals surface area (Å²) in [6, 6.07) is 5.61. The molecule has 2 aromatic rings. The number of halogens is 2. The molecule has 0 bridgehead atoms. The molecule has 0 spiro atoms. The van der Waals surface area contributed by atoms with Crippen LogP contribution in [0.3, 0.4) is 0 Å². The van der Waals surface area contributed by atoms with Gasteiger partial charge in [0, 0.05) is 46.9 Å². The smallest absolute Gasteiger partial charge is 0.159 e. The van der Waals surface area contributed by atoms with E-state index in [2.05, 4.69) is 58.5 Å². The predicted octanol–water partition coefficient (Wildman–Crippen LogP) is 4.22. The first-order chi connectivity index (χ1) is 14.2. The zero-order valence-electron chi connectivity index (χ0n) is 15.4. The number of benzene rings is 1. The zero-order valence-corrected chi connectivity index (χ0v) is 16.9. The van der Waals surface area contributed by atoms with Crippen LogP contribution in [0.15, 0.2) is 30.6 Å². The normalized spacial score (nSPS) is 8.34. The molecule has 0 radical (unpaired) electrons. The van der Waals surface area contributed by atoms with E-state index in [4.69, 9.17) is 39.1 Å². The lowest BCUT2D eigenvalue weighted by molar-refractivity contribution is 0.411. The van der Waals surface area contributed by atoms with Crippen molar-refractivity contribution in [1.29, 1.82) is 0 Å². The molecule has 0 aliphatic rings. The van der Waals surface area contributed by atoms with Gasteiger partial charge in [-0.15, -0.1) is 29.6 Å². The van der Waals surface area contributed by atoms with Crippen LogP contribution in [0.1, 0.15) is 11.1 Å². The van der Waals surface area contributed by atoms with Crippen LogP contribution in [0.4, 0.5) is 0 Å². The highest BCUT2D eigenvalue weighted by molar-refractivity contribution is 6.18. The van der Waals surface area contributed by atoms with E-state index < -0.39 is 0 Å². The molecule has 29 heavy (non-hydrogen) atoms. The summed E-state index contributed by atoms with van der Waals surface area (Å²) in [6.45, 7) is 0. The SMILES string of the molecule is C#CC#CC#CC#CC#COc1cncc(-c2cc(CCl)c(OC)cc2CCl)c1. The predicted molar refractivity (Wildman–Crippen MR) is 116 cm³/mol. The van der Waals surface area contributed by atoms with Crippen LogP contribution < -0.4 is 9.47 Å². The van der Waals surface area contributed by atoms with Crippen LogP contribution >= 0.6 is 23.2 Å². The van der Waals surface area contributed by atoms with E-state index in [1.165, 1.54) is 0 Å². The van der Waals surface area contributed by atoms with Crippen molar-refractivity contribution in [2.24, 2.45) is 0 Å². The first-order valence-corrected chi connectivity index (χ1v) is 9.20. The van der Waals surface area contributed by atoms with Gasteiger partial charge in [0.1, 0.15) is 11.9 Å². The molecule has 0 unspecified atom stereocenters. The molecule has 2 rings (SSSR count). The lowest BCUT2D eigenvalue weighted by Gasteiger charge is -2.13. The van der Waals surface area contributed by atoms with Crippen molar-refractivity contribution in [3.8, 4) is 82.5 Å². The number of pyridine rings is 1. The van der Waals surface area contributed by atoms with Crippen molar-refractivity contribution >= 4 is 23.2 Å². The van der Waals surface area contributed by atoms with Crippen molar-refractivity contribution in [3.63, 3.8) is 0 Å². The Morgan fingerprint density at radius 3 is 2.24 bits per heavy atom. The lowest BCUT2D eigenvalue weighted by Crippen LogP contribution is -1.96. The van der Waals surface area contributed by atoms with Crippen LogP contribution in [0, 0.1) is 59.9 Å². The Morgan fingerprint density at radius 1 is 0.897 bits per heavy atom. The summed E-state index contributed by atoms with van der Waals surface area (Å²) in [7, 11) is 1.59. The van der Waals surface area contributed by atoms with Gasteiger partial charge in [-0.05, 0) is 53.0 Å². The van der Waals surface area contributed by atoms with E-state index >= 15 is 0 Å². The molecule has 1 aromatic carbocycles.